The van der Waals surface area contributed by atoms with E-state index in [4.69, 9.17) is 16.0 Å². The summed E-state index contributed by atoms with van der Waals surface area (Å²) in [6, 6.07) is 9.48. The van der Waals surface area contributed by atoms with Crippen molar-refractivity contribution in [3.63, 3.8) is 0 Å². The number of halogens is 1. The highest BCUT2D eigenvalue weighted by Gasteiger charge is 2.25. The molecule has 2 aromatic rings. The second-order valence-electron chi connectivity index (χ2n) is 4.82. The molecule has 0 saturated heterocycles. The third kappa shape index (κ3) is 3.46. The minimum atomic E-state index is -0.643. The number of alkyl halides is 1. The van der Waals surface area contributed by atoms with Gasteiger partial charge in [0.2, 0.25) is 11.8 Å². The predicted molar refractivity (Wildman–Crippen MR) is 83.4 cm³/mol. The molecule has 0 radical (unpaired) electrons. The number of nitrogens with zero attached hydrogens (tertiary/aromatic N) is 2. The third-order valence-electron chi connectivity index (χ3n) is 2.91. The number of benzene rings is 1. The van der Waals surface area contributed by atoms with E-state index in [-0.39, 0.29) is 23.5 Å². The molecule has 0 aliphatic heterocycles. The largest absolute Gasteiger partial charge is 0.427 e. The Bertz CT molecular complexity index is 655. The lowest BCUT2D eigenvalue weighted by atomic mass is 10.2. The van der Waals surface area contributed by atoms with E-state index < -0.39 is 11.8 Å². The zero-order valence-electron chi connectivity index (χ0n) is 12.2. The molecule has 0 aliphatic carbocycles. The third-order valence-corrected chi connectivity index (χ3v) is 3.15. The lowest BCUT2D eigenvalue weighted by molar-refractivity contribution is -0.117. The number of anilines is 2. The van der Waals surface area contributed by atoms with E-state index in [0.717, 1.165) is 5.69 Å². The van der Waals surface area contributed by atoms with Crippen LogP contribution in [-0.4, -0.2) is 28.7 Å². The molecule has 0 unspecified atom stereocenters. The number of carbonyl (C=O) groups is 2. The molecule has 116 valence electrons. The Kier molecular flexibility index (Phi) is 5.16. The molecule has 7 heteroatoms. The molecular weight excluding hydrogens is 306 g/mol. The highest BCUT2D eigenvalue weighted by atomic mass is 35.5. The fraction of sp³-hybridized carbons (Fsp3) is 0.267. The van der Waals surface area contributed by atoms with Crippen LogP contribution in [0.1, 0.15) is 24.3 Å². The van der Waals surface area contributed by atoms with Crippen LogP contribution in [0.15, 0.2) is 41.1 Å². The summed E-state index contributed by atoms with van der Waals surface area (Å²) in [6.07, 6.45) is 1.17. The lowest BCUT2D eigenvalue weighted by Crippen LogP contribution is -2.34. The van der Waals surface area contributed by atoms with Crippen molar-refractivity contribution in [2.75, 3.05) is 10.8 Å². The maximum absolute atomic E-state index is 12.1. The molecule has 1 aromatic heterocycles. The van der Waals surface area contributed by atoms with Crippen molar-refractivity contribution in [1.29, 1.82) is 0 Å². The number of oxazole rings is 1. The van der Waals surface area contributed by atoms with Gasteiger partial charge in [-0.1, -0.05) is 18.2 Å². The van der Waals surface area contributed by atoms with Gasteiger partial charge in [0.25, 0.3) is 5.91 Å². The van der Waals surface area contributed by atoms with E-state index in [1.165, 1.54) is 6.39 Å². The number of imide groups is 1. The molecule has 1 heterocycles. The van der Waals surface area contributed by atoms with Crippen molar-refractivity contribution in [1.82, 2.24) is 10.3 Å². The topological polar surface area (TPSA) is 75.4 Å². The van der Waals surface area contributed by atoms with Crippen molar-refractivity contribution in [2.45, 2.75) is 19.9 Å². The number of amides is 2. The molecule has 0 bridgehead atoms. The molecule has 1 N–H and O–H groups in total. The van der Waals surface area contributed by atoms with Gasteiger partial charge in [-0.15, -0.1) is 11.6 Å². The van der Waals surface area contributed by atoms with Crippen molar-refractivity contribution in [3.05, 3.63) is 42.4 Å². The van der Waals surface area contributed by atoms with Crippen LogP contribution in [-0.2, 0) is 4.79 Å². The summed E-state index contributed by atoms with van der Waals surface area (Å²) in [7, 11) is 0. The molecule has 0 atom stereocenters. The molecule has 22 heavy (non-hydrogen) atoms. The van der Waals surface area contributed by atoms with Gasteiger partial charge in [0.15, 0.2) is 12.1 Å². The van der Waals surface area contributed by atoms with E-state index in [1.54, 1.807) is 0 Å². The molecule has 0 fully saturated rings. The van der Waals surface area contributed by atoms with Crippen LogP contribution in [0, 0.1) is 0 Å². The number of hydrogen-bond donors (Lipinski definition) is 1. The van der Waals surface area contributed by atoms with E-state index in [2.05, 4.69) is 10.3 Å². The highest BCUT2D eigenvalue weighted by Crippen LogP contribution is 2.30. The fourth-order valence-electron chi connectivity index (χ4n) is 2.02. The first-order valence-corrected chi connectivity index (χ1v) is 7.26. The first kappa shape index (κ1) is 16.0. The van der Waals surface area contributed by atoms with Gasteiger partial charge in [-0.25, -0.2) is 4.98 Å². The monoisotopic (exact) mass is 321 g/mol. The minimum absolute atomic E-state index is 0.0191. The van der Waals surface area contributed by atoms with Crippen LogP contribution >= 0.6 is 11.6 Å². The maximum atomic E-state index is 12.1. The quantitative estimate of drug-likeness (QED) is 0.857. The van der Waals surface area contributed by atoms with Gasteiger partial charge >= 0.3 is 0 Å². The summed E-state index contributed by atoms with van der Waals surface area (Å²) < 4.78 is 5.39. The van der Waals surface area contributed by atoms with Crippen molar-refractivity contribution < 1.29 is 14.0 Å². The Labute approximate surface area is 133 Å². The van der Waals surface area contributed by atoms with E-state index in [0.29, 0.717) is 0 Å². The van der Waals surface area contributed by atoms with Crippen LogP contribution < -0.4 is 10.2 Å². The average molecular weight is 322 g/mol. The number of para-hydroxylation sites is 1. The Balaban J connectivity index is 2.37. The zero-order chi connectivity index (χ0) is 16.1. The Hall–Kier alpha value is -2.34. The highest BCUT2D eigenvalue weighted by molar-refractivity contribution is 6.29. The Morgan fingerprint density at radius 2 is 2.00 bits per heavy atom. The second-order valence-corrected chi connectivity index (χ2v) is 5.08. The van der Waals surface area contributed by atoms with Gasteiger partial charge in [0.05, 0.1) is 0 Å². The van der Waals surface area contributed by atoms with Crippen molar-refractivity contribution >= 4 is 35.0 Å². The summed E-state index contributed by atoms with van der Waals surface area (Å²) in [6.45, 7) is 3.92. The number of aromatic nitrogens is 1. The lowest BCUT2D eigenvalue weighted by Gasteiger charge is -2.26. The smallest absolute Gasteiger partial charge is 0.282 e. The number of hydrogen-bond acceptors (Lipinski definition) is 5. The number of carbonyl (C=O) groups excluding carboxylic acids is 2. The number of rotatable bonds is 5. The standard InChI is InChI=1S/C15H16ClN3O3/c1-10(2)19(11-6-4-3-5-7-11)15-13(17-9-22-15)14(21)18-12(20)8-16/h3-7,9-10H,8H2,1-2H3,(H,18,20,21). The SMILES string of the molecule is CC(C)N(c1ccccc1)c1ocnc1C(=O)NC(=O)CCl. The van der Waals surface area contributed by atoms with E-state index in [9.17, 15) is 9.59 Å². The van der Waals surface area contributed by atoms with Crippen LogP contribution in [0.4, 0.5) is 11.6 Å². The maximum Gasteiger partial charge on any atom is 0.282 e. The van der Waals surface area contributed by atoms with Gasteiger partial charge in [0.1, 0.15) is 5.88 Å². The fourth-order valence-corrected chi connectivity index (χ4v) is 2.09. The molecule has 2 rings (SSSR count). The van der Waals surface area contributed by atoms with Crippen molar-refractivity contribution in [3.8, 4) is 0 Å². The van der Waals surface area contributed by atoms with Crippen molar-refractivity contribution in [2.24, 2.45) is 0 Å². The zero-order valence-corrected chi connectivity index (χ0v) is 13.0. The molecule has 0 spiro atoms. The van der Waals surface area contributed by atoms with Gasteiger partial charge in [-0.3, -0.25) is 14.9 Å². The van der Waals surface area contributed by atoms with Crippen LogP contribution in [0.3, 0.4) is 0 Å². The molecule has 1 aromatic carbocycles. The van der Waals surface area contributed by atoms with Gasteiger partial charge < -0.3 is 9.32 Å². The van der Waals surface area contributed by atoms with Gasteiger partial charge in [-0.05, 0) is 26.0 Å². The molecular formula is C15H16ClN3O3. The summed E-state index contributed by atoms with van der Waals surface area (Å²) in [5.41, 5.74) is 0.892. The normalized spacial score (nSPS) is 10.5. The summed E-state index contributed by atoms with van der Waals surface area (Å²) in [4.78, 5) is 29.1. The van der Waals surface area contributed by atoms with E-state index >= 15 is 0 Å². The molecule has 0 aliphatic rings. The Morgan fingerprint density at radius 3 is 2.59 bits per heavy atom. The minimum Gasteiger partial charge on any atom is -0.427 e. The van der Waals surface area contributed by atoms with Gasteiger partial charge in [-0.2, -0.15) is 0 Å². The Morgan fingerprint density at radius 1 is 1.32 bits per heavy atom. The molecule has 6 nitrogen and oxygen atoms in total. The van der Waals surface area contributed by atoms with Crippen LogP contribution in [0.25, 0.3) is 0 Å². The average Bonchev–Trinajstić information content (AvgIpc) is 2.97. The molecule has 0 saturated carbocycles. The van der Waals surface area contributed by atoms with Crippen LogP contribution in [0.2, 0.25) is 0 Å². The summed E-state index contributed by atoms with van der Waals surface area (Å²) >= 11 is 5.39. The van der Waals surface area contributed by atoms with Crippen LogP contribution in [0.5, 0.6) is 0 Å². The summed E-state index contributed by atoms with van der Waals surface area (Å²) in [5.74, 6) is -1.25. The first-order chi connectivity index (χ1) is 10.5. The number of nitrogens with one attached hydrogen (secondary N) is 1. The first-order valence-electron chi connectivity index (χ1n) is 6.72. The van der Waals surface area contributed by atoms with Gasteiger partial charge in [0, 0.05) is 11.7 Å². The second kappa shape index (κ2) is 7.09. The molecule has 2 amide bonds. The summed E-state index contributed by atoms with van der Waals surface area (Å²) in [5, 5.41) is 2.16. The van der Waals surface area contributed by atoms with E-state index in [1.807, 2.05) is 49.1 Å². The predicted octanol–water partition coefficient (Wildman–Crippen LogP) is 2.72.